The zero-order chi connectivity index (χ0) is 11.3. The van der Waals surface area contributed by atoms with Crippen molar-refractivity contribution < 1.29 is 4.74 Å². The van der Waals surface area contributed by atoms with Crippen LogP contribution < -0.4 is 5.32 Å². The van der Waals surface area contributed by atoms with Crippen LogP contribution in [-0.4, -0.2) is 29.3 Å². The largest absolute Gasteiger partial charge is 0.380 e. The molecule has 1 rings (SSSR count). The SMILES string of the molecule is CCOCCNc1nc(C)cn1C(C)C. The van der Waals surface area contributed by atoms with Gasteiger partial charge in [-0.3, -0.25) is 0 Å². The Morgan fingerprint density at radius 1 is 1.53 bits per heavy atom. The number of hydrogen-bond acceptors (Lipinski definition) is 3. The minimum Gasteiger partial charge on any atom is -0.380 e. The van der Waals surface area contributed by atoms with Crippen LogP contribution in [0.1, 0.15) is 32.5 Å². The summed E-state index contributed by atoms with van der Waals surface area (Å²) in [5, 5.41) is 3.28. The van der Waals surface area contributed by atoms with Crippen molar-refractivity contribution in [3.63, 3.8) is 0 Å². The Morgan fingerprint density at radius 2 is 2.27 bits per heavy atom. The Kier molecular flexibility index (Phi) is 4.62. The van der Waals surface area contributed by atoms with Gasteiger partial charge in [-0.25, -0.2) is 4.98 Å². The predicted octanol–water partition coefficient (Wildman–Crippen LogP) is 2.22. The molecule has 1 N–H and O–H groups in total. The summed E-state index contributed by atoms with van der Waals surface area (Å²) < 4.78 is 7.40. The van der Waals surface area contributed by atoms with Crippen LogP contribution in [0.15, 0.2) is 6.20 Å². The minimum absolute atomic E-state index is 0.431. The fraction of sp³-hybridized carbons (Fsp3) is 0.727. The average molecular weight is 211 g/mol. The van der Waals surface area contributed by atoms with Crippen LogP contribution in [0.2, 0.25) is 0 Å². The van der Waals surface area contributed by atoms with Crippen molar-refractivity contribution in [2.75, 3.05) is 25.1 Å². The molecule has 0 atom stereocenters. The van der Waals surface area contributed by atoms with E-state index in [1.54, 1.807) is 0 Å². The lowest BCUT2D eigenvalue weighted by molar-refractivity contribution is 0.158. The molecule has 0 aliphatic carbocycles. The molecule has 1 heterocycles. The highest BCUT2D eigenvalue weighted by Gasteiger charge is 2.07. The van der Waals surface area contributed by atoms with Crippen molar-refractivity contribution in [1.29, 1.82) is 0 Å². The van der Waals surface area contributed by atoms with Crippen LogP contribution in [0.25, 0.3) is 0 Å². The average Bonchev–Trinajstić information content (AvgIpc) is 2.55. The molecular weight excluding hydrogens is 190 g/mol. The van der Waals surface area contributed by atoms with E-state index in [1.807, 2.05) is 13.8 Å². The molecule has 1 aromatic rings. The second kappa shape index (κ2) is 5.75. The Balaban J connectivity index is 2.52. The monoisotopic (exact) mass is 211 g/mol. The van der Waals surface area contributed by atoms with Crippen molar-refractivity contribution in [1.82, 2.24) is 9.55 Å². The molecular formula is C11H21N3O. The highest BCUT2D eigenvalue weighted by atomic mass is 16.5. The third-order valence-corrected chi connectivity index (χ3v) is 2.14. The van der Waals surface area contributed by atoms with Gasteiger partial charge in [-0.2, -0.15) is 0 Å². The molecule has 0 saturated heterocycles. The topological polar surface area (TPSA) is 39.1 Å². The first kappa shape index (κ1) is 12.0. The lowest BCUT2D eigenvalue weighted by atomic mass is 10.4. The van der Waals surface area contributed by atoms with Crippen LogP contribution >= 0.6 is 0 Å². The summed E-state index contributed by atoms with van der Waals surface area (Å²) in [5.74, 6) is 0.933. The van der Waals surface area contributed by atoms with E-state index >= 15 is 0 Å². The third-order valence-electron chi connectivity index (χ3n) is 2.14. The van der Waals surface area contributed by atoms with Crippen LogP contribution in [0.4, 0.5) is 5.95 Å². The lowest BCUT2D eigenvalue weighted by Crippen LogP contribution is -2.14. The molecule has 4 heteroatoms. The maximum Gasteiger partial charge on any atom is 0.203 e. The van der Waals surface area contributed by atoms with Gasteiger partial charge in [0.1, 0.15) is 0 Å². The van der Waals surface area contributed by atoms with Crippen LogP contribution in [0.5, 0.6) is 0 Å². The van der Waals surface area contributed by atoms with Gasteiger partial charge in [0.2, 0.25) is 5.95 Å². The van der Waals surface area contributed by atoms with E-state index in [2.05, 4.69) is 34.9 Å². The first-order valence-corrected chi connectivity index (χ1v) is 5.52. The van der Waals surface area contributed by atoms with E-state index in [0.29, 0.717) is 6.04 Å². The van der Waals surface area contributed by atoms with Gasteiger partial charge in [0.25, 0.3) is 0 Å². The summed E-state index contributed by atoms with van der Waals surface area (Å²) in [5.41, 5.74) is 1.04. The maximum absolute atomic E-state index is 5.26. The predicted molar refractivity (Wildman–Crippen MR) is 62.3 cm³/mol. The zero-order valence-electron chi connectivity index (χ0n) is 10.1. The summed E-state index contributed by atoms with van der Waals surface area (Å²) >= 11 is 0. The van der Waals surface area contributed by atoms with Gasteiger partial charge in [-0.15, -0.1) is 0 Å². The normalized spacial score (nSPS) is 11.0. The number of aromatic nitrogens is 2. The van der Waals surface area contributed by atoms with Gasteiger partial charge in [0.15, 0.2) is 0 Å². The van der Waals surface area contributed by atoms with Crippen molar-refractivity contribution in [2.24, 2.45) is 0 Å². The first-order chi connectivity index (χ1) is 7.15. The highest BCUT2D eigenvalue weighted by molar-refractivity contribution is 5.29. The Labute approximate surface area is 91.7 Å². The van der Waals surface area contributed by atoms with Crippen LogP contribution in [-0.2, 0) is 4.74 Å². The summed E-state index contributed by atoms with van der Waals surface area (Å²) in [6.07, 6.45) is 2.06. The van der Waals surface area contributed by atoms with E-state index in [4.69, 9.17) is 4.74 Å². The Hall–Kier alpha value is -1.03. The van der Waals surface area contributed by atoms with E-state index in [-0.39, 0.29) is 0 Å². The Bertz CT molecular complexity index is 294. The maximum atomic E-state index is 5.26. The van der Waals surface area contributed by atoms with E-state index < -0.39 is 0 Å². The Morgan fingerprint density at radius 3 is 2.87 bits per heavy atom. The molecule has 0 fully saturated rings. The summed E-state index contributed by atoms with van der Waals surface area (Å²) in [4.78, 5) is 4.43. The molecule has 15 heavy (non-hydrogen) atoms. The van der Waals surface area contributed by atoms with Crippen molar-refractivity contribution in [3.05, 3.63) is 11.9 Å². The lowest BCUT2D eigenvalue weighted by Gasteiger charge is -2.12. The zero-order valence-corrected chi connectivity index (χ0v) is 10.1. The van der Waals surface area contributed by atoms with Crippen LogP contribution in [0, 0.1) is 6.92 Å². The number of nitrogens with zero attached hydrogens (tertiary/aromatic N) is 2. The molecule has 86 valence electrons. The number of nitrogens with one attached hydrogen (secondary N) is 1. The minimum atomic E-state index is 0.431. The van der Waals surface area contributed by atoms with Gasteiger partial charge < -0.3 is 14.6 Å². The second-order valence-electron chi connectivity index (χ2n) is 3.83. The van der Waals surface area contributed by atoms with Gasteiger partial charge in [-0.1, -0.05) is 0 Å². The van der Waals surface area contributed by atoms with Crippen LogP contribution in [0.3, 0.4) is 0 Å². The molecule has 0 aliphatic rings. The summed E-state index contributed by atoms with van der Waals surface area (Å²) in [6.45, 7) is 10.6. The standard InChI is InChI=1S/C11H21N3O/c1-5-15-7-6-12-11-13-10(4)8-14(11)9(2)3/h8-9H,5-7H2,1-4H3,(H,12,13). The molecule has 1 aromatic heterocycles. The van der Waals surface area contributed by atoms with E-state index in [1.165, 1.54) is 0 Å². The molecule has 4 nitrogen and oxygen atoms in total. The number of rotatable bonds is 6. The molecule has 0 aromatic carbocycles. The number of aryl methyl sites for hydroxylation is 1. The summed E-state index contributed by atoms with van der Waals surface area (Å²) in [6, 6.07) is 0.431. The van der Waals surface area contributed by atoms with Crippen molar-refractivity contribution in [3.8, 4) is 0 Å². The quantitative estimate of drug-likeness (QED) is 0.733. The van der Waals surface area contributed by atoms with Gasteiger partial charge in [0.05, 0.1) is 12.3 Å². The smallest absolute Gasteiger partial charge is 0.203 e. The fourth-order valence-corrected chi connectivity index (χ4v) is 1.42. The van der Waals surface area contributed by atoms with Gasteiger partial charge >= 0.3 is 0 Å². The molecule has 0 amide bonds. The molecule has 0 aliphatic heterocycles. The second-order valence-corrected chi connectivity index (χ2v) is 3.83. The molecule has 0 spiro atoms. The summed E-state index contributed by atoms with van der Waals surface area (Å²) in [7, 11) is 0. The highest BCUT2D eigenvalue weighted by Crippen LogP contribution is 2.14. The molecule has 0 radical (unpaired) electrons. The van der Waals surface area contributed by atoms with E-state index in [9.17, 15) is 0 Å². The van der Waals surface area contributed by atoms with Gasteiger partial charge in [0, 0.05) is 25.4 Å². The fourth-order valence-electron chi connectivity index (χ4n) is 1.42. The number of ether oxygens (including phenoxy) is 1. The van der Waals surface area contributed by atoms with Crippen molar-refractivity contribution in [2.45, 2.75) is 33.7 Å². The number of hydrogen-bond donors (Lipinski definition) is 1. The van der Waals surface area contributed by atoms with Gasteiger partial charge in [-0.05, 0) is 27.7 Å². The first-order valence-electron chi connectivity index (χ1n) is 5.52. The van der Waals surface area contributed by atoms with Crippen molar-refractivity contribution >= 4 is 5.95 Å². The number of imidazole rings is 1. The number of anilines is 1. The molecule has 0 bridgehead atoms. The molecule has 0 unspecified atom stereocenters. The van der Waals surface area contributed by atoms with E-state index in [0.717, 1.165) is 31.4 Å². The molecule has 0 saturated carbocycles. The third kappa shape index (κ3) is 3.55.